The molecule has 0 unspecified atom stereocenters. The van der Waals surface area contributed by atoms with E-state index in [9.17, 15) is 0 Å². The zero-order chi connectivity index (χ0) is 23.5. The van der Waals surface area contributed by atoms with Gasteiger partial charge in [-0.1, -0.05) is 42.5 Å². The highest BCUT2D eigenvalue weighted by Crippen LogP contribution is 2.28. The molecule has 0 spiro atoms. The highest BCUT2D eigenvalue weighted by Gasteiger charge is 2.07. The second kappa shape index (κ2) is 12.4. The first-order valence-corrected chi connectivity index (χ1v) is 10.9. The third-order valence-corrected chi connectivity index (χ3v) is 5.32. The zero-order valence-corrected chi connectivity index (χ0v) is 19.8. The van der Waals surface area contributed by atoms with Gasteiger partial charge >= 0.3 is 0 Å². The molecular formula is C27H32N2O4. The molecule has 0 saturated heterocycles. The van der Waals surface area contributed by atoms with Gasteiger partial charge < -0.3 is 24.3 Å². The summed E-state index contributed by atoms with van der Waals surface area (Å²) in [6.45, 7) is 1.41. The minimum absolute atomic E-state index is 0.656. The molecule has 0 aromatic heterocycles. The van der Waals surface area contributed by atoms with E-state index in [0.717, 1.165) is 64.9 Å². The molecule has 0 aliphatic rings. The summed E-state index contributed by atoms with van der Waals surface area (Å²) >= 11 is 0. The van der Waals surface area contributed by atoms with Crippen LogP contribution in [0.25, 0.3) is 0 Å². The fourth-order valence-electron chi connectivity index (χ4n) is 3.54. The lowest BCUT2D eigenvalue weighted by atomic mass is 10.1. The van der Waals surface area contributed by atoms with Crippen LogP contribution in [-0.2, 0) is 12.8 Å². The molecule has 33 heavy (non-hydrogen) atoms. The topological polar surface area (TPSA) is 61.3 Å². The Morgan fingerprint density at radius 2 is 1.21 bits per heavy atom. The van der Waals surface area contributed by atoms with Crippen molar-refractivity contribution in [1.29, 1.82) is 0 Å². The summed E-state index contributed by atoms with van der Waals surface area (Å²) in [7, 11) is 6.58. The first-order chi connectivity index (χ1) is 16.2. The van der Waals surface area contributed by atoms with Gasteiger partial charge in [0.1, 0.15) is 5.84 Å². The van der Waals surface area contributed by atoms with Crippen LogP contribution in [0.5, 0.6) is 23.0 Å². The van der Waals surface area contributed by atoms with E-state index in [0.29, 0.717) is 6.54 Å². The number of nitrogens with one attached hydrogen (secondary N) is 1. The molecule has 0 radical (unpaired) electrons. The molecular weight excluding hydrogens is 416 g/mol. The van der Waals surface area contributed by atoms with Crippen LogP contribution in [-0.4, -0.2) is 47.4 Å². The van der Waals surface area contributed by atoms with Gasteiger partial charge in [0.2, 0.25) is 0 Å². The number of hydrogen-bond acceptors (Lipinski definition) is 5. The van der Waals surface area contributed by atoms with Gasteiger partial charge in [0.15, 0.2) is 23.0 Å². The second-order valence-corrected chi connectivity index (χ2v) is 7.40. The van der Waals surface area contributed by atoms with Crippen LogP contribution in [0, 0.1) is 0 Å². The number of benzene rings is 3. The molecule has 0 amide bonds. The Kier molecular flexibility index (Phi) is 9.00. The molecule has 3 rings (SSSR count). The van der Waals surface area contributed by atoms with Crippen molar-refractivity contribution >= 4 is 5.84 Å². The predicted octanol–water partition coefficient (Wildman–Crippen LogP) is 4.54. The summed E-state index contributed by atoms with van der Waals surface area (Å²) in [5.74, 6) is 3.82. The van der Waals surface area contributed by atoms with Crippen LogP contribution in [0.2, 0.25) is 0 Å². The number of methoxy groups -OCH3 is 4. The molecule has 6 heteroatoms. The van der Waals surface area contributed by atoms with Crippen LogP contribution < -0.4 is 24.3 Å². The second-order valence-electron chi connectivity index (χ2n) is 7.40. The van der Waals surface area contributed by atoms with Gasteiger partial charge in [-0.15, -0.1) is 0 Å². The van der Waals surface area contributed by atoms with Gasteiger partial charge in [0.05, 0.1) is 28.4 Å². The molecule has 0 saturated carbocycles. The van der Waals surface area contributed by atoms with Gasteiger partial charge in [0.25, 0.3) is 0 Å². The summed E-state index contributed by atoms with van der Waals surface area (Å²) in [6.07, 6.45) is 1.63. The zero-order valence-electron chi connectivity index (χ0n) is 19.8. The molecule has 6 nitrogen and oxygen atoms in total. The smallest absolute Gasteiger partial charge is 0.160 e. The Morgan fingerprint density at radius 1 is 0.667 bits per heavy atom. The molecule has 0 heterocycles. The Balaban J connectivity index is 1.66. The molecule has 0 aliphatic heterocycles. The summed E-state index contributed by atoms with van der Waals surface area (Å²) in [5, 5.41) is 3.51. The highest BCUT2D eigenvalue weighted by molar-refractivity contribution is 5.98. The number of hydrogen-bond donors (Lipinski definition) is 1. The maximum Gasteiger partial charge on any atom is 0.160 e. The van der Waals surface area contributed by atoms with Crippen molar-refractivity contribution in [2.45, 2.75) is 12.8 Å². The van der Waals surface area contributed by atoms with E-state index in [-0.39, 0.29) is 0 Å². The first-order valence-electron chi connectivity index (χ1n) is 10.9. The molecule has 0 bridgehead atoms. The lowest BCUT2D eigenvalue weighted by Crippen LogP contribution is -2.27. The van der Waals surface area contributed by atoms with Crippen molar-refractivity contribution in [3.8, 4) is 23.0 Å². The molecule has 0 aliphatic carbocycles. The first kappa shape index (κ1) is 24.0. The fourth-order valence-corrected chi connectivity index (χ4v) is 3.54. The van der Waals surface area contributed by atoms with Crippen LogP contribution in [0.4, 0.5) is 0 Å². The predicted molar refractivity (Wildman–Crippen MR) is 132 cm³/mol. The normalized spacial score (nSPS) is 11.1. The summed E-state index contributed by atoms with van der Waals surface area (Å²) in [4.78, 5) is 4.87. The average molecular weight is 449 g/mol. The Hall–Kier alpha value is -3.67. The van der Waals surface area contributed by atoms with Crippen LogP contribution >= 0.6 is 0 Å². The molecule has 3 aromatic rings. The summed E-state index contributed by atoms with van der Waals surface area (Å²) < 4.78 is 21.5. The molecule has 0 atom stereocenters. The van der Waals surface area contributed by atoms with Crippen molar-refractivity contribution in [3.05, 3.63) is 83.4 Å². The summed E-state index contributed by atoms with van der Waals surface area (Å²) in [5.41, 5.74) is 3.38. The molecule has 1 N–H and O–H groups in total. The number of aliphatic imine (C=N–C) groups is 1. The third-order valence-electron chi connectivity index (χ3n) is 5.32. The minimum Gasteiger partial charge on any atom is -0.493 e. The van der Waals surface area contributed by atoms with E-state index in [1.165, 1.54) is 0 Å². The SMILES string of the molecule is COc1ccc(CCN=C(NCCc2ccc(OC)c(OC)c2)c2ccccc2)cc1OC. The monoisotopic (exact) mass is 448 g/mol. The van der Waals surface area contributed by atoms with E-state index < -0.39 is 0 Å². The van der Waals surface area contributed by atoms with Crippen LogP contribution in [0.15, 0.2) is 71.7 Å². The average Bonchev–Trinajstić information content (AvgIpc) is 2.87. The largest absolute Gasteiger partial charge is 0.493 e. The van der Waals surface area contributed by atoms with E-state index in [2.05, 4.69) is 23.5 Å². The summed E-state index contributed by atoms with van der Waals surface area (Å²) in [6, 6.07) is 22.2. The van der Waals surface area contributed by atoms with Gasteiger partial charge in [-0.2, -0.15) is 0 Å². The van der Waals surface area contributed by atoms with Crippen molar-refractivity contribution in [2.24, 2.45) is 4.99 Å². The van der Waals surface area contributed by atoms with E-state index >= 15 is 0 Å². The van der Waals surface area contributed by atoms with E-state index in [1.54, 1.807) is 28.4 Å². The van der Waals surface area contributed by atoms with Gasteiger partial charge in [-0.3, -0.25) is 4.99 Å². The fraction of sp³-hybridized carbons (Fsp3) is 0.296. The van der Waals surface area contributed by atoms with Gasteiger partial charge in [-0.05, 0) is 48.2 Å². The van der Waals surface area contributed by atoms with Crippen molar-refractivity contribution in [3.63, 3.8) is 0 Å². The maximum absolute atomic E-state index is 5.41. The molecule has 3 aromatic carbocycles. The molecule has 174 valence electrons. The number of amidine groups is 1. The number of nitrogens with zero attached hydrogens (tertiary/aromatic N) is 1. The Morgan fingerprint density at radius 3 is 1.76 bits per heavy atom. The number of rotatable bonds is 11. The standard InChI is InChI=1S/C27H32N2O4/c1-30-23-12-10-20(18-25(23)32-3)14-16-28-27(22-8-6-5-7-9-22)29-17-15-21-11-13-24(31-2)26(19-21)33-4/h5-13,18-19H,14-17H2,1-4H3,(H,28,29). The lowest BCUT2D eigenvalue weighted by molar-refractivity contribution is 0.354. The van der Waals surface area contributed by atoms with Gasteiger partial charge in [-0.25, -0.2) is 0 Å². The number of ether oxygens (including phenoxy) is 4. The minimum atomic E-state index is 0.656. The van der Waals surface area contributed by atoms with Crippen molar-refractivity contribution in [1.82, 2.24) is 5.32 Å². The maximum atomic E-state index is 5.41. The van der Waals surface area contributed by atoms with Crippen LogP contribution in [0.1, 0.15) is 16.7 Å². The van der Waals surface area contributed by atoms with Crippen molar-refractivity contribution < 1.29 is 18.9 Å². The van der Waals surface area contributed by atoms with E-state index in [4.69, 9.17) is 23.9 Å². The van der Waals surface area contributed by atoms with Crippen molar-refractivity contribution in [2.75, 3.05) is 41.5 Å². The molecule has 0 fully saturated rings. The van der Waals surface area contributed by atoms with Crippen LogP contribution in [0.3, 0.4) is 0 Å². The lowest BCUT2D eigenvalue weighted by Gasteiger charge is -2.13. The third kappa shape index (κ3) is 6.65. The Labute approximate surface area is 196 Å². The van der Waals surface area contributed by atoms with E-state index in [1.807, 2.05) is 48.5 Å². The quantitative estimate of drug-likeness (QED) is 0.345. The highest BCUT2D eigenvalue weighted by atomic mass is 16.5. The Bertz CT molecular complexity index is 1050. The van der Waals surface area contributed by atoms with Gasteiger partial charge in [0, 0.05) is 18.7 Å².